The summed E-state index contributed by atoms with van der Waals surface area (Å²) in [6.45, 7) is 0. The van der Waals surface area contributed by atoms with Gasteiger partial charge in [0.1, 0.15) is 11.6 Å². The van der Waals surface area contributed by atoms with E-state index >= 15 is 13.2 Å². The molecule has 0 unspecified atom stereocenters. The molecule has 94 heavy (non-hydrogen) atoms. The van der Waals surface area contributed by atoms with Gasteiger partial charge in [-0.1, -0.05) is 182 Å². The lowest BCUT2D eigenvalue weighted by molar-refractivity contribution is -0.137. The lowest BCUT2D eigenvalue weighted by Crippen LogP contribution is -2.09. The fourth-order valence-electron chi connectivity index (χ4n) is 13.1. The first-order valence-electron chi connectivity index (χ1n) is 30.8. The number of nitriles is 2. The van der Waals surface area contributed by atoms with Crippen LogP contribution in [-0.4, -0.2) is 29.1 Å². The highest BCUT2D eigenvalue weighted by Crippen LogP contribution is 2.44. The number of pyridine rings is 4. The predicted octanol–water partition coefficient (Wildman–Crippen LogP) is 18.5. The molecule has 0 saturated carbocycles. The summed E-state index contributed by atoms with van der Waals surface area (Å²) >= 11 is 0. The number of hydrogen-bond acceptors (Lipinski definition) is 6. The third kappa shape index (κ3) is 10.3. The molecule has 444 valence electrons. The minimum absolute atomic E-state index is 0.136. The zero-order valence-electron chi connectivity index (χ0n) is 50.3. The maximum Gasteiger partial charge on any atom is 0.416 e. The van der Waals surface area contributed by atoms with Gasteiger partial charge < -0.3 is 9.13 Å². The first-order chi connectivity index (χ1) is 46.1. The number of halogens is 3. The topological polar surface area (TPSA) is 109 Å². The Hall–Kier alpha value is -12.6. The number of fused-ring (bicyclic) bond motifs is 6. The van der Waals surface area contributed by atoms with E-state index in [0.29, 0.717) is 16.9 Å². The number of benzene rings is 8. The van der Waals surface area contributed by atoms with Crippen LogP contribution in [0.15, 0.2) is 286 Å². The van der Waals surface area contributed by atoms with Gasteiger partial charge in [-0.3, -0.25) is 19.9 Å². The van der Waals surface area contributed by atoms with Gasteiger partial charge in [0.2, 0.25) is 0 Å². The van der Waals surface area contributed by atoms with Gasteiger partial charge in [-0.05, 0) is 136 Å². The molecule has 2 aliphatic rings. The SMILES string of the molecule is N#Cc1cc(-c2cc(-n3c4cc(-c5ccc(-c6ccccc6)nc5)ccc4c4ccc(-c5ccc(-c6ccccc6)nc5)cc43)c(C#N)c(-n3c4cc(=c5ccc(=C6C=CC=CC6)nc5)ccc4c4ccc(=c5ccc(=C6C=CC=CC6)nc5)cc43)c2)cc(C(F)(F)F)c1. The van der Waals surface area contributed by atoms with Crippen molar-refractivity contribution in [1.29, 1.82) is 10.5 Å². The van der Waals surface area contributed by atoms with Crippen LogP contribution < -0.4 is 10.7 Å². The number of aromatic nitrogens is 6. The molecular weight excluding hydrogens is 1170 g/mol. The van der Waals surface area contributed by atoms with Crippen LogP contribution in [0.5, 0.6) is 0 Å². The lowest BCUT2D eigenvalue weighted by Gasteiger charge is -2.19. The van der Waals surface area contributed by atoms with Crippen molar-refractivity contribution in [2.45, 2.75) is 19.0 Å². The number of allylic oxidation sites excluding steroid dienone is 8. The van der Waals surface area contributed by atoms with Gasteiger partial charge in [-0.2, -0.15) is 23.7 Å². The van der Waals surface area contributed by atoms with Crippen LogP contribution in [0.3, 0.4) is 0 Å². The van der Waals surface area contributed by atoms with Crippen LogP contribution >= 0.6 is 0 Å². The molecule has 0 bridgehead atoms. The molecule has 8 aromatic carbocycles. The Bertz CT molecular complexity index is 5680. The standard InChI is InChI=1S/C83H51F3N8/c84-83(85,86)67-38-52(46-87)37-65(39-67)66-44-81(93-77-40-57(61-25-33-73(89-48-61)53-13-5-1-6-14-53)21-29-68(77)69-30-22-58(41-78(69)93)62-26-34-74(90-49-62)54-15-7-2-8-16-54)72(47-88)82(45-66)94-79-42-59(63-27-35-75(91-50-63)55-17-9-3-10-18-55)23-31-70(79)71-32-24-60(43-80(71)94)64-28-36-76(92-51-64)56-19-11-4-12-20-56/h1-17,19,21-45,48-51H,18,20H2. The van der Waals surface area contributed by atoms with Gasteiger partial charge in [0.25, 0.3) is 0 Å². The van der Waals surface area contributed by atoms with Gasteiger partial charge in [0.15, 0.2) is 0 Å². The van der Waals surface area contributed by atoms with Gasteiger partial charge in [-0.25, -0.2) is 0 Å². The van der Waals surface area contributed by atoms with Crippen molar-refractivity contribution in [2.24, 2.45) is 0 Å². The monoisotopic (exact) mass is 1220 g/mol. The average molecular weight is 1220 g/mol. The van der Waals surface area contributed by atoms with E-state index in [-0.39, 0.29) is 16.7 Å². The minimum atomic E-state index is -4.80. The molecule has 11 heteroatoms. The zero-order valence-corrected chi connectivity index (χ0v) is 50.3. The first-order valence-corrected chi connectivity index (χ1v) is 30.8. The summed E-state index contributed by atoms with van der Waals surface area (Å²) in [5.41, 5.74) is 12.5. The van der Waals surface area contributed by atoms with Crippen LogP contribution in [0.4, 0.5) is 13.2 Å². The quantitative estimate of drug-likeness (QED) is 0.157. The molecule has 0 aliphatic heterocycles. The van der Waals surface area contributed by atoms with E-state index < -0.39 is 11.7 Å². The van der Waals surface area contributed by atoms with Crippen molar-refractivity contribution < 1.29 is 13.2 Å². The summed E-state index contributed by atoms with van der Waals surface area (Å²) in [5, 5.41) is 31.4. The van der Waals surface area contributed by atoms with Crippen LogP contribution in [0.1, 0.15) is 29.5 Å². The van der Waals surface area contributed by atoms with Crippen molar-refractivity contribution >= 4 is 54.8 Å². The largest absolute Gasteiger partial charge is 0.416 e. The van der Waals surface area contributed by atoms with E-state index in [1.54, 1.807) is 12.1 Å². The van der Waals surface area contributed by atoms with E-state index in [9.17, 15) is 10.5 Å². The van der Waals surface area contributed by atoms with Gasteiger partial charge >= 0.3 is 6.18 Å². The van der Waals surface area contributed by atoms with Crippen LogP contribution in [0.25, 0.3) is 122 Å². The van der Waals surface area contributed by atoms with Gasteiger partial charge in [-0.15, -0.1) is 0 Å². The molecule has 0 saturated heterocycles. The summed E-state index contributed by atoms with van der Waals surface area (Å²) in [6, 6.07) is 72.9. The molecular formula is C83H51F3N8. The molecule has 0 radical (unpaired) electrons. The Balaban J connectivity index is 1.01. The normalized spacial score (nSPS) is 14.9. The third-order valence-electron chi connectivity index (χ3n) is 17.9. The fraction of sp³-hybridized carbons (Fsp3) is 0.0361. The molecule has 14 aromatic rings. The number of nitrogens with zero attached hydrogens (tertiary/aromatic N) is 8. The van der Waals surface area contributed by atoms with Crippen molar-refractivity contribution in [2.75, 3.05) is 0 Å². The second-order valence-electron chi connectivity index (χ2n) is 23.5. The maximum atomic E-state index is 15.2. The highest BCUT2D eigenvalue weighted by molar-refractivity contribution is 6.12. The predicted molar refractivity (Wildman–Crippen MR) is 368 cm³/mol. The lowest BCUT2D eigenvalue weighted by atomic mass is 9.96. The Kier molecular flexibility index (Phi) is 14.1. The van der Waals surface area contributed by atoms with Gasteiger partial charge in [0.05, 0.1) is 72.7 Å². The Morgan fingerprint density at radius 2 is 0.809 bits per heavy atom. The molecule has 2 aliphatic carbocycles. The number of rotatable bonds is 7. The maximum absolute atomic E-state index is 15.2. The van der Waals surface area contributed by atoms with E-state index in [2.05, 4.69) is 124 Å². The van der Waals surface area contributed by atoms with E-state index in [1.165, 1.54) is 6.07 Å². The second kappa shape index (κ2) is 23.3. The first kappa shape index (κ1) is 56.6. The van der Waals surface area contributed by atoms with E-state index in [1.807, 2.05) is 152 Å². The molecule has 0 spiro atoms. The number of alkyl halides is 3. The molecule has 0 fully saturated rings. The molecule has 0 amide bonds. The summed E-state index contributed by atoms with van der Waals surface area (Å²) in [4.78, 5) is 19.7. The Morgan fingerprint density at radius 3 is 1.21 bits per heavy atom. The van der Waals surface area contributed by atoms with Crippen molar-refractivity contribution in [1.82, 2.24) is 29.1 Å². The van der Waals surface area contributed by atoms with E-state index in [0.717, 1.165) is 156 Å². The summed E-state index contributed by atoms with van der Waals surface area (Å²) < 4.78 is 49.7. The highest BCUT2D eigenvalue weighted by Gasteiger charge is 2.32. The van der Waals surface area contributed by atoms with Crippen molar-refractivity contribution in [3.05, 3.63) is 334 Å². The summed E-state index contributed by atoms with van der Waals surface area (Å²) in [5.74, 6) is 0. The highest BCUT2D eigenvalue weighted by atomic mass is 19.4. The molecule has 0 N–H and O–H groups in total. The molecule has 8 nitrogen and oxygen atoms in total. The van der Waals surface area contributed by atoms with Crippen LogP contribution in [0.2, 0.25) is 0 Å². The third-order valence-corrected chi connectivity index (χ3v) is 17.9. The van der Waals surface area contributed by atoms with Gasteiger partial charge in [0, 0.05) is 79.0 Å². The molecule has 0 atom stereocenters. The Labute approximate surface area is 537 Å². The van der Waals surface area contributed by atoms with Crippen molar-refractivity contribution in [3.63, 3.8) is 0 Å². The summed E-state index contributed by atoms with van der Waals surface area (Å²) in [7, 11) is 0. The Morgan fingerprint density at radius 1 is 0.362 bits per heavy atom. The molecule has 6 heterocycles. The zero-order chi connectivity index (χ0) is 63.4. The molecule has 16 rings (SSSR count). The van der Waals surface area contributed by atoms with Crippen LogP contribution in [0, 0.1) is 43.5 Å². The smallest absolute Gasteiger partial charge is 0.308 e. The summed E-state index contributed by atoms with van der Waals surface area (Å²) in [6.07, 6.45) is 20.6. The fourth-order valence-corrected chi connectivity index (χ4v) is 13.1. The minimum Gasteiger partial charge on any atom is -0.308 e. The van der Waals surface area contributed by atoms with E-state index in [4.69, 9.17) is 19.9 Å². The molecule has 6 aromatic heterocycles. The van der Waals surface area contributed by atoms with Crippen LogP contribution in [-0.2, 0) is 6.18 Å². The average Bonchev–Trinajstić information content (AvgIpc) is 1.54. The van der Waals surface area contributed by atoms with Crippen molar-refractivity contribution in [3.8, 4) is 79.4 Å². The second-order valence-corrected chi connectivity index (χ2v) is 23.5. The number of hydrogen-bond donors (Lipinski definition) is 0.